The Bertz CT molecular complexity index is 1480. The molecule has 0 spiro atoms. The van der Waals surface area contributed by atoms with Crippen LogP contribution in [0.15, 0.2) is 22.0 Å². The minimum atomic E-state index is -4.15. The number of nitrogen functional groups attached to an aromatic ring is 2. The molecule has 0 aliphatic carbocycles. The highest BCUT2D eigenvalue weighted by Crippen LogP contribution is 2.51. The van der Waals surface area contributed by atoms with Gasteiger partial charge in [-0.25, -0.2) is 22.9 Å². The zero-order valence-corrected chi connectivity index (χ0v) is 33.1. The Morgan fingerprint density at radius 1 is 0.698 bits per heavy atom. The molecule has 0 amide bonds. The smallest absolute Gasteiger partial charge is 0.381 e. The van der Waals surface area contributed by atoms with Gasteiger partial charge in [0.15, 0.2) is 23.3 Å². The standard InChI is InChI=1S/C34H55F2N6O8PS2/c1-2-3-4-5-6-7-8-9-10-11-12-13-14-15-16-17-18-46-51(45,47-21-29-49-27(23-52-29)41-19-25(35)31(37)39-33(41)43)48-22-30-50-28(24-53-30)42-20-26(36)32(38)40-34(42)44/h19-20,27-30H,2-18,21-24H2,1H3,(H2,37,39,43)(H2,38,40,44). The van der Waals surface area contributed by atoms with Crippen LogP contribution in [0.1, 0.15) is 122 Å². The molecule has 53 heavy (non-hydrogen) atoms. The maximum absolute atomic E-state index is 14.0. The summed E-state index contributed by atoms with van der Waals surface area (Å²) in [6.45, 7) is 1.95. The molecule has 4 atom stereocenters. The Balaban J connectivity index is 1.19. The second-order valence-corrected chi connectivity index (χ2v) is 17.3. The first-order valence-corrected chi connectivity index (χ1v) is 22.3. The first-order chi connectivity index (χ1) is 25.6. The summed E-state index contributed by atoms with van der Waals surface area (Å²) in [5, 5.41) is 0. The largest absolute Gasteiger partial charge is 0.475 e. The van der Waals surface area contributed by atoms with Crippen molar-refractivity contribution in [3.63, 3.8) is 0 Å². The van der Waals surface area contributed by atoms with Gasteiger partial charge in [0, 0.05) is 11.5 Å². The summed E-state index contributed by atoms with van der Waals surface area (Å²) in [6.07, 6.45) is 19.7. The van der Waals surface area contributed by atoms with Crippen LogP contribution in [0.2, 0.25) is 0 Å². The second kappa shape index (κ2) is 23.1. The number of unbranched alkanes of at least 4 members (excludes halogenated alkanes) is 15. The van der Waals surface area contributed by atoms with E-state index in [-0.39, 0.29) is 31.3 Å². The minimum Gasteiger partial charge on any atom is -0.381 e. The average Bonchev–Trinajstić information content (AvgIpc) is 3.81. The first kappa shape index (κ1) is 43.7. The predicted octanol–water partition coefficient (Wildman–Crippen LogP) is 7.54. The molecule has 4 unspecified atom stereocenters. The van der Waals surface area contributed by atoms with E-state index in [9.17, 15) is 22.9 Å². The van der Waals surface area contributed by atoms with Crippen molar-refractivity contribution in [1.82, 2.24) is 19.1 Å². The molecule has 0 saturated carbocycles. The molecule has 14 nitrogen and oxygen atoms in total. The van der Waals surface area contributed by atoms with E-state index in [1.807, 2.05) is 0 Å². The summed E-state index contributed by atoms with van der Waals surface area (Å²) in [5.41, 5.74) is 7.90. The normalized spacial score (nSPS) is 21.3. The van der Waals surface area contributed by atoms with Crippen molar-refractivity contribution in [2.75, 3.05) is 42.8 Å². The quantitative estimate of drug-likeness (QED) is 0.0702. The van der Waals surface area contributed by atoms with Crippen LogP contribution >= 0.6 is 31.3 Å². The van der Waals surface area contributed by atoms with Gasteiger partial charge in [-0.1, -0.05) is 103 Å². The van der Waals surface area contributed by atoms with E-state index in [0.29, 0.717) is 6.42 Å². The molecule has 2 aromatic rings. The van der Waals surface area contributed by atoms with Gasteiger partial charge < -0.3 is 20.9 Å². The second-order valence-electron chi connectivity index (χ2n) is 13.2. The summed E-state index contributed by atoms with van der Waals surface area (Å²) in [5.74, 6) is -2.16. The summed E-state index contributed by atoms with van der Waals surface area (Å²) in [6, 6.07) is 0. The van der Waals surface area contributed by atoms with Crippen molar-refractivity contribution in [3.8, 4) is 0 Å². The number of phosphoric acid groups is 1. The van der Waals surface area contributed by atoms with Gasteiger partial charge in [0.1, 0.15) is 23.3 Å². The van der Waals surface area contributed by atoms with Gasteiger partial charge in [0.2, 0.25) is 0 Å². The molecule has 19 heteroatoms. The number of aromatic nitrogens is 4. The van der Waals surface area contributed by atoms with Crippen LogP contribution in [-0.4, -0.2) is 61.3 Å². The highest BCUT2D eigenvalue weighted by atomic mass is 32.2. The van der Waals surface area contributed by atoms with E-state index < -0.39 is 65.8 Å². The van der Waals surface area contributed by atoms with Crippen LogP contribution in [0.25, 0.3) is 0 Å². The lowest BCUT2D eigenvalue weighted by atomic mass is 10.0. The number of nitrogens with zero attached hydrogens (tertiary/aromatic N) is 4. The van der Waals surface area contributed by atoms with Crippen molar-refractivity contribution in [1.29, 1.82) is 0 Å². The Labute approximate surface area is 318 Å². The zero-order chi connectivity index (χ0) is 38.1. The highest BCUT2D eigenvalue weighted by molar-refractivity contribution is 8.00. The molecule has 2 aliphatic heterocycles. The highest BCUT2D eigenvalue weighted by Gasteiger charge is 2.36. The molecule has 2 aromatic heterocycles. The monoisotopic (exact) mass is 808 g/mol. The molecule has 0 bridgehead atoms. The Hall–Kier alpha value is -2.05. The first-order valence-electron chi connectivity index (χ1n) is 18.7. The van der Waals surface area contributed by atoms with Crippen molar-refractivity contribution in [2.45, 2.75) is 133 Å². The van der Waals surface area contributed by atoms with Gasteiger partial charge >= 0.3 is 19.2 Å². The maximum Gasteiger partial charge on any atom is 0.475 e. The van der Waals surface area contributed by atoms with Gasteiger partial charge in [-0.3, -0.25) is 22.7 Å². The number of anilines is 2. The number of thioether (sulfide) groups is 2. The minimum absolute atomic E-state index is 0.135. The van der Waals surface area contributed by atoms with Crippen LogP contribution in [0.5, 0.6) is 0 Å². The molecule has 4 N–H and O–H groups in total. The van der Waals surface area contributed by atoms with E-state index in [4.69, 9.17) is 34.5 Å². The Morgan fingerprint density at radius 3 is 1.47 bits per heavy atom. The van der Waals surface area contributed by atoms with Gasteiger partial charge in [0.25, 0.3) is 0 Å². The number of nitrogens with two attached hydrogens (primary N) is 2. The van der Waals surface area contributed by atoms with Crippen molar-refractivity contribution in [2.24, 2.45) is 0 Å². The van der Waals surface area contributed by atoms with Crippen molar-refractivity contribution < 1.29 is 36.4 Å². The lowest BCUT2D eigenvalue weighted by Gasteiger charge is -2.21. The maximum atomic E-state index is 14.0. The summed E-state index contributed by atoms with van der Waals surface area (Å²) < 4.78 is 72.6. The fourth-order valence-corrected chi connectivity index (χ4v) is 9.32. The van der Waals surface area contributed by atoms with Crippen LogP contribution in [0.4, 0.5) is 20.4 Å². The number of hydrogen-bond acceptors (Lipinski definition) is 14. The zero-order valence-electron chi connectivity index (χ0n) is 30.5. The number of ether oxygens (including phenoxy) is 2. The van der Waals surface area contributed by atoms with Crippen LogP contribution in [-0.2, 0) is 27.6 Å². The van der Waals surface area contributed by atoms with Crippen molar-refractivity contribution in [3.05, 3.63) is 45.0 Å². The molecule has 4 rings (SSSR count). The summed E-state index contributed by atoms with van der Waals surface area (Å²) in [4.78, 5) is 31.4. The Kier molecular flexibility index (Phi) is 19.1. The average molecular weight is 809 g/mol. The fraction of sp³-hybridized carbons (Fsp3) is 0.765. The topological polar surface area (TPSA) is 185 Å². The van der Waals surface area contributed by atoms with Gasteiger partial charge in [0.05, 0.1) is 32.2 Å². The van der Waals surface area contributed by atoms with Crippen molar-refractivity contribution >= 4 is 43.0 Å². The Morgan fingerprint density at radius 2 is 1.08 bits per heavy atom. The molecule has 300 valence electrons. The number of phosphoric ester groups is 1. The summed E-state index contributed by atoms with van der Waals surface area (Å²) in [7, 11) is -4.15. The van der Waals surface area contributed by atoms with Crippen LogP contribution in [0, 0.1) is 11.6 Å². The van der Waals surface area contributed by atoms with E-state index in [1.165, 1.54) is 101 Å². The van der Waals surface area contributed by atoms with E-state index >= 15 is 0 Å². The number of rotatable bonds is 26. The third-order valence-electron chi connectivity index (χ3n) is 8.94. The predicted molar refractivity (Wildman–Crippen MR) is 203 cm³/mol. The molecule has 0 aromatic carbocycles. The molecule has 4 heterocycles. The number of halogens is 2. The van der Waals surface area contributed by atoms with Gasteiger partial charge in [-0.05, 0) is 6.42 Å². The van der Waals surface area contributed by atoms with Gasteiger partial charge in [-0.15, -0.1) is 23.5 Å². The molecular weight excluding hydrogens is 754 g/mol. The molecule has 2 fully saturated rings. The number of hydrogen-bond donors (Lipinski definition) is 2. The lowest BCUT2D eigenvalue weighted by molar-refractivity contribution is -0.0232. The van der Waals surface area contributed by atoms with E-state index in [1.54, 1.807) is 0 Å². The lowest BCUT2D eigenvalue weighted by Crippen LogP contribution is -2.30. The molecule has 2 saturated heterocycles. The van der Waals surface area contributed by atoms with Gasteiger partial charge in [-0.2, -0.15) is 9.97 Å². The van der Waals surface area contributed by atoms with E-state index in [0.717, 1.165) is 40.8 Å². The molecule has 0 radical (unpaired) electrons. The third-order valence-corrected chi connectivity index (χ3v) is 12.6. The van der Waals surface area contributed by atoms with Crippen LogP contribution in [0.3, 0.4) is 0 Å². The van der Waals surface area contributed by atoms with E-state index in [2.05, 4.69) is 16.9 Å². The molecular formula is C34H55F2N6O8PS2. The SMILES string of the molecule is CCCCCCCCCCCCCCCCCCOP(=O)(OCC1OC(n2cc(F)c(N)nc2=O)CS1)OCC1OC(n2cc(F)c(N)nc2=O)CS1. The molecule has 2 aliphatic rings. The fourth-order valence-electron chi connectivity index (χ4n) is 5.92. The third kappa shape index (κ3) is 14.8. The van der Waals surface area contributed by atoms with Crippen LogP contribution < -0.4 is 22.8 Å². The summed E-state index contributed by atoms with van der Waals surface area (Å²) >= 11 is 2.55.